The fourth-order valence-corrected chi connectivity index (χ4v) is 3.93. The topological polar surface area (TPSA) is 76.7 Å². The third kappa shape index (κ3) is 8.77. The van der Waals surface area contributed by atoms with Crippen molar-refractivity contribution in [3.63, 3.8) is 0 Å². The number of nitrogens with one attached hydrogen (secondary N) is 2. The molecular weight excluding hydrogens is 600 g/mol. The van der Waals surface area contributed by atoms with Crippen molar-refractivity contribution in [3.8, 4) is 11.5 Å². The summed E-state index contributed by atoms with van der Waals surface area (Å²) in [5.74, 6) is 0.813. The predicted molar refractivity (Wildman–Crippen MR) is 152 cm³/mol. The summed E-state index contributed by atoms with van der Waals surface area (Å²) in [5, 5.41) is 5.68. The zero-order chi connectivity index (χ0) is 26.0. The van der Waals surface area contributed by atoms with E-state index in [9.17, 15) is 9.59 Å². The van der Waals surface area contributed by atoms with Crippen LogP contribution in [0.15, 0.2) is 106 Å². The van der Waals surface area contributed by atoms with Gasteiger partial charge in [0.15, 0.2) is 13.2 Å². The maximum Gasteiger partial charge on any atom is 0.262 e. The van der Waals surface area contributed by atoms with Crippen molar-refractivity contribution >= 4 is 55.0 Å². The lowest BCUT2D eigenvalue weighted by Crippen LogP contribution is -2.20. The molecule has 0 aromatic heterocycles. The number of carbonyl (C=O) groups excluding carboxylic acids is 2. The number of halogens is 2. The van der Waals surface area contributed by atoms with E-state index in [1.54, 1.807) is 24.3 Å². The summed E-state index contributed by atoms with van der Waals surface area (Å²) in [5.41, 5.74) is 3.61. The van der Waals surface area contributed by atoms with Crippen LogP contribution in [-0.4, -0.2) is 25.0 Å². The molecule has 0 aliphatic rings. The van der Waals surface area contributed by atoms with E-state index in [1.807, 2.05) is 72.8 Å². The van der Waals surface area contributed by atoms with Crippen LogP contribution in [0.25, 0.3) is 0 Å². The summed E-state index contributed by atoms with van der Waals surface area (Å²) in [6.07, 6.45) is 0.724. The molecule has 0 spiro atoms. The van der Waals surface area contributed by atoms with Gasteiger partial charge in [0.05, 0.1) is 0 Å². The fraction of sp³-hybridized carbons (Fsp3) is 0.103. The zero-order valence-electron chi connectivity index (χ0n) is 19.7. The molecule has 0 aliphatic carbocycles. The fourth-order valence-electron chi connectivity index (χ4n) is 3.40. The summed E-state index contributed by atoms with van der Waals surface area (Å²) < 4.78 is 12.9. The smallest absolute Gasteiger partial charge is 0.262 e. The van der Waals surface area contributed by atoms with Gasteiger partial charge in [-0.15, -0.1) is 0 Å². The van der Waals surface area contributed by atoms with E-state index < -0.39 is 0 Å². The highest BCUT2D eigenvalue weighted by atomic mass is 79.9. The largest absolute Gasteiger partial charge is 0.484 e. The number of carbonyl (C=O) groups is 2. The SMILES string of the molecule is O=C(COc1ccc(Br)cc1)Nc1ccc(Cc2ccc(NC(=O)COc3ccc(Br)cc3)cc2)cc1. The van der Waals surface area contributed by atoms with Crippen molar-refractivity contribution in [3.05, 3.63) is 117 Å². The molecular formula is C29H24Br2N2O4. The molecule has 37 heavy (non-hydrogen) atoms. The van der Waals surface area contributed by atoms with Crippen LogP contribution in [0.2, 0.25) is 0 Å². The molecule has 0 radical (unpaired) electrons. The maximum absolute atomic E-state index is 12.2. The number of benzene rings is 4. The molecule has 0 fully saturated rings. The van der Waals surface area contributed by atoms with Crippen LogP contribution in [0.5, 0.6) is 11.5 Å². The van der Waals surface area contributed by atoms with Gasteiger partial charge >= 0.3 is 0 Å². The Kier molecular flexibility index (Phi) is 9.35. The number of anilines is 2. The van der Waals surface area contributed by atoms with Crippen molar-refractivity contribution < 1.29 is 19.1 Å². The van der Waals surface area contributed by atoms with Crippen LogP contribution in [0, 0.1) is 0 Å². The molecule has 4 aromatic carbocycles. The van der Waals surface area contributed by atoms with E-state index in [4.69, 9.17) is 9.47 Å². The van der Waals surface area contributed by atoms with Crippen LogP contribution in [0.4, 0.5) is 11.4 Å². The molecule has 0 saturated heterocycles. The van der Waals surface area contributed by atoms with Crippen LogP contribution < -0.4 is 20.1 Å². The first-order valence-electron chi connectivity index (χ1n) is 11.5. The van der Waals surface area contributed by atoms with Gasteiger partial charge in [-0.25, -0.2) is 0 Å². The van der Waals surface area contributed by atoms with Gasteiger partial charge in [-0.1, -0.05) is 56.1 Å². The molecule has 2 amide bonds. The summed E-state index contributed by atoms with van der Waals surface area (Å²) in [4.78, 5) is 24.4. The normalized spacial score (nSPS) is 10.4. The highest BCUT2D eigenvalue weighted by Gasteiger charge is 2.06. The predicted octanol–water partition coefficient (Wildman–Crippen LogP) is 6.84. The molecule has 2 N–H and O–H groups in total. The average molecular weight is 624 g/mol. The van der Waals surface area contributed by atoms with Crippen molar-refractivity contribution in [1.29, 1.82) is 0 Å². The molecule has 4 aromatic rings. The molecule has 0 saturated carbocycles. The Labute approximate surface area is 232 Å². The standard InChI is InChI=1S/C29H24Br2N2O4/c30-22-5-13-26(14-6-22)36-18-28(34)32-24-9-1-20(2-10-24)17-21-3-11-25(12-4-21)33-29(35)19-37-27-15-7-23(31)8-16-27/h1-16H,17-19H2,(H,32,34)(H,33,35). The Morgan fingerprint density at radius 2 is 0.892 bits per heavy atom. The van der Waals surface area contributed by atoms with Crippen LogP contribution in [0.3, 0.4) is 0 Å². The lowest BCUT2D eigenvalue weighted by Gasteiger charge is -2.10. The molecule has 0 aliphatic heterocycles. The minimum absolute atomic E-state index is 0.0668. The van der Waals surface area contributed by atoms with Gasteiger partial charge in [-0.2, -0.15) is 0 Å². The second kappa shape index (κ2) is 13.1. The third-order valence-corrected chi connectivity index (χ3v) is 6.31. The minimum atomic E-state index is -0.226. The van der Waals surface area contributed by atoms with Gasteiger partial charge in [0.25, 0.3) is 11.8 Å². The second-order valence-corrected chi connectivity index (χ2v) is 9.98. The number of hydrogen-bond acceptors (Lipinski definition) is 4. The first kappa shape index (κ1) is 26.4. The van der Waals surface area contributed by atoms with Gasteiger partial charge in [-0.05, 0) is 90.3 Å². The van der Waals surface area contributed by atoms with Crippen LogP contribution in [0.1, 0.15) is 11.1 Å². The molecule has 4 rings (SSSR count). The van der Waals surface area contributed by atoms with Crippen LogP contribution in [-0.2, 0) is 16.0 Å². The second-order valence-electron chi connectivity index (χ2n) is 8.15. The molecule has 0 heterocycles. The van der Waals surface area contributed by atoms with E-state index in [-0.39, 0.29) is 25.0 Å². The van der Waals surface area contributed by atoms with Gasteiger partial charge in [0.1, 0.15) is 11.5 Å². The third-order valence-electron chi connectivity index (χ3n) is 5.25. The van der Waals surface area contributed by atoms with E-state index in [1.165, 1.54) is 0 Å². The Morgan fingerprint density at radius 1 is 0.541 bits per heavy atom. The van der Waals surface area contributed by atoms with Crippen LogP contribution >= 0.6 is 31.9 Å². The van der Waals surface area contributed by atoms with E-state index in [0.29, 0.717) is 22.9 Å². The minimum Gasteiger partial charge on any atom is -0.484 e. The Morgan fingerprint density at radius 3 is 1.24 bits per heavy atom. The van der Waals surface area contributed by atoms with Crippen molar-refractivity contribution in [2.45, 2.75) is 6.42 Å². The number of ether oxygens (including phenoxy) is 2. The summed E-state index contributed by atoms with van der Waals surface area (Å²) in [7, 11) is 0. The average Bonchev–Trinajstić information content (AvgIpc) is 2.90. The number of amides is 2. The molecule has 0 atom stereocenters. The van der Waals surface area contributed by atoms with Crippen molar-refractivity contribution in [1.82, 2.24) is 0 Å². The zero-order valence-corrected chi connectivity index (χ0v) is 22.9. The maximum atomic E-state index is 12.2. The number of rotatable bonds is 10. The van der Waals surface area contributed by atoms with Gasteiger partial charge in [-0.3, -0.25) is 9.59 Å². The molecule has 8 heteroatoms. The van der Waals surface area contributed by atoms with E-state index in [2.05, 4.69) is 42.5 Å². The van der Waals surface area contributed by atoms with Crippen molar-refractivity contribution in [2.75, 3.05) is 23.8 Å². The first-order valence-corrected chi connectivity index (χ1v) is 13.1. The Balaban J connectivity index is 1.21. The highest BCUT2D eigenvalue weighted by molar-refractivity contribution is 9.10. The van der Waals surface area contributed by atoms with Gasteiger partial charge < -0.3 is 20.1 Å². The van der Waals surface area contributed by atoms with Gasteiger partial charge in [0.2, 0.25) is 0 Å². The highest BCUT2D eigenvalue weighted by Crippen LogP contribution is 2.19. The van der Waals surface area contributed by atoms with E-state index in [0.717, 1.165) is 26.5 Å². The lowest BCUT2D eigenvalue weighted by molar-refractivity contribution is -0.118. The Hall–Kier alpha value is -3.62. The monoisotopic (exact) mass is 622 g/mol. The molecule has 188 valence electrons. The molecule has 6 nitrogen and oxygen atoms in total. The van der Waals surface area contributed by atoms with Crippen molar-refractivity contribution in [2.24, 2.45) is 0 Å². The van der Waals surface area contributed by atoms with E-state index >= 15 is 0 Å². The molecule has 0 bridgehead atoms. The summed E-state index contributed by atoms with van der Waals surface area (Å²) in [6, 6.07) is 30.0. The lowest BCUT2D eigenvalue weighted by atomic mass is 10.0. The Bertz CT molecular complexity index is 1220. The quantitative estimate of drug-likeness (QED) is 0.203. The molecule has 0 unspecified atom stereocenters. The summed E-state index contributed by atoms with van der Waals surface area (Å²) >= 11 is 6.73. The van der Waals surface area contributed by atoms with Gasteiger partial charge in [0, 0.05) is 20.3 Å². The summed E-state index contributed by atoms with van der Waals surface area (Å²) in [6.45, 7) is -0.134. The number of hydrogen-bond donors (Lipinski definition) is 2. The first-order chi connectivity index (χ1) is 17.9.